The average Bonchev–Trinajstić information content (AvgIpc) is 2.70. The minimum Gasteiger partial charge on any atom is -0.497 e. The molecule has 0 saturated heterocycles. The molecule has 0 aromatic heterocycles. The van der Waals surface area contributed by atoms with Crippen molar-refractivity contribution in [3.8, 4) is 17.6 Å². The predicted octanol–water partition coefficient (Wildman–Crippen LogP) is 4.03. The molecule has 0 saturated carbocycles. The molecule has 0 unspecified atom stereocenters. The van der Waals surface area contributed by atoms with Gasteiger partial charge in [-0.1, -0.05) is 12.1 Å². The van der Waals surface area contributed by atoms with Crippen LogP contribution in [0.2, 0.25) is 0 Å². The van der Waals surface area contributed by atoms with E-state index in [2.05, 4.69) is 6.07 Å². The van der Waals surface area contributed by atoms with Crippen molar-refractivity contribution in [3.63, 3.8) is 0 Å². The fraction of sp³-hybridized carbons (Fsp3) is 0.273. The van der Waals surface area contributed by atoms with Gasteiger partial charge in [-0.2, -0.15) is 5.26 Å². The van der Waals surface area contributed by atoms with Gasteiger partial charge in [0.25, 0.3) is 0 Å². The Hall–Kier alpha value is -3.26. The van der Waals surface area contributed by atoms with Crippen LogP contribution in [0.3, 0.4) is 0 Å². The van der Waals surface area contributed by atoms with Gasteiger partial charge >= 0.3 is 0 Å². The molecule has 0 atom stereocenters. The molecule has 0 aliphatic rings. The summed E-state index contributed by atoms with van der Waals surface area (Å²) in [5.74, 6) is 1.25. The van der Waals surface area contributed by atoms with Crippen molar-refractivity contribution in [3.05, 3.63) is 65.2 Å². The van der Waals surface area contributed by atoms with Gasteiger partial charge in [0, 0.05) is 24.7 Å². The largest absolute Gasteiger partial charge is 0.497 e. The average molecular weight is 364 g/mol. The van der Waals surface area contributed by atoms with Gasteiger partial charge < -0.3 is 14.4 Å². The third kappa shape index (κ3) is 5.61. The molecule has 0 radical (unpaired) electrons. The van der Waals surface area contributed by atoms with Crippen molar-refractivity contribution in [2.24, 2.45) is 0 Å². The summed E-state index contributed by atoms with van der Waals surface area (Å²) in [6, 6.07) is 14.9. The Labute approximate surface area is 160 Å². The van der Waals surface area contributed by atoms with E-state index in [1.165, 1.54) is 0 Å². The highest BCUT2D eigenvalue weighted by Gasteiger charge is 2.15. The zero-order valence-corrected chi connectivity index (χ0v) is 16.1. The molecule has 0 heterocycles. The van der Waals surface area contributed by atoms with Gasteiger partial charge in [-0.15, -0.1) is 0 Å². The number of carbonyl (C=O) groups excluding carboxylic acids is 1. The van der Waals surface area contributed by atoms with Crippen LogP contribution < -0.4 is 9.47 Å². The van der Waals surface area contributed by atoms with Crippen LogP contribution in [-0.4, -0.2) is 31.1 Å². The highest BCUT2D eigenvalue weighted by molar-refractivity contribution is 5.92. The Morgan fingerprint density at radius 1 is 1.11 bits per heavy atom. The number of benzene rings is 2. The maximum Gasteiger partial charge on any atom is 0.247 e. The summed E-state index contributed by atoms with van der Waals surface area (Å²) >= 11 is 0. The molecule has 0 N–H and O–H groups in total. The summed E-state index contributed by atoms with van der Waals surface area (Å²) in [7, 11) is 3.18. The molecule has 0 fully saturated rings. The molecule has 27 heavy (non-hydrogen) atoms. The molecule has 2 rings (SSSR count). The minimum absolute atomic E-state index is 0.0395. The Balaban J connectivity index is 2.16. The Morgan fingerprint density at radius 3 is 2.19 bits per heavy atom. The molecule has 5 heteroatoms. The standard InChI is InChI=1S/C22H24N2O3/c1-16(2)24(15-18-7-5-17(14-23)6-8-18)22(25)10-9-19-11-20(26-3)13-21(12-19)27-4/h5-13,16H,15H2,1-4H3/b10-9+. The lowest BCUT2D eigenvalue weighted by molar-refractivity contribution is -0.128. The first-order chi connectivity index (χ1) is 13.0. The van der Waals surface area contributed by atoms with Crippen molar-refractivity contribution < 1.29 is 14.3 Å². The van der Waals surface area contributed by atoms with Gasteiger partial charge in [0.1, 0.15) is 11.5 Å². The van der Waals surface area contributed by atoms with Crippen LogP contribution in [-0.2, 0) is 11.3 Å². The fourth-order valence-electron chi connectivity index (χ4n) is 2.59. The van der Waals surface area contributed by atoms with E-state index in [1.54, 1.807) is 49.5 Å². The maximum absolute atomic E-state index is 12.7. The lowest BCUT2D eigenvalue weighted by atomic mass is 10.1. The van der Waals surface area contributed by atoms with Crippen LogP contribution in [0.5, 0.6) is 11.5 Å². The van der Waals surface area contributed by atoms with Gasteiger partial charge in [0.05, 0.1) is 25.9 Å². The molecule has 0 aliphatic carbocycles. The number of ether oxygens (including phenoxy) is 2. The second kappa shape index (κ2) is 9.44. The van der Waals surface area contributed by atoms with Crippen LogP contribution >= 0.6 is 0 Å². The monoisotopic (exact) mass is 364 g/mol. The third-order valence-electron chi connectivity index (χ3n) is 4.13. The number of rotatable bonds is 7. The summed E-state index contributed by atoms with van der Waals surface area (Å²) in [6.07, 6.45) is 3.30. The molecular weight excluding hydrogens is 340 g/mol. The summed E-state index contributed by atoms with van der Waals surface area (Å²) in [4.78, 5) is 14.5. The zero-order valence-electron chi connectivity index (χ0n) is 16.1. The van der Waals surface area contributed by atoms with E-state index in [0.29, 0.717) is 23.6 Å². The SMILES string of the molecule is COc1cc(/C=C/C(=O)N(Cc2ccc(C#N)cc2)C(C)C)cc(OC)c1. The van der Waals surface area contributed by atoms with E-state index >= 15 is 0 Å². The topological polar surface area (TPSA) is 62.6 Å². The summed E-state index contributed by atoms with van der Waals surface area (Å²) < 4.78 is 10.5. The normalized spacial score (nSPS) is 10.7. The van der Waals surface area contributed by atoms with Gasteiger partial charge in [0.15, 0.2) is 0 Å². The Bertz CT molecular complexity index is 827. The first-order valence-corrected chi connectivity index (χ1v) is 8.67. The van der Waals surface area contributed by atoms with Crippen molar-refractivity contribution in [2.75, 3.05) is 14.2 Å². The number of nitrogens with zero attached hydrogens (tertiary/aromatic N) is 2. The van der Waals surface area contributed by atoms with E-state index in [9.17, 15) is 4.79 Å². The lowest BCUT2D eigenvalue weighted by Crippen LogP contribution is -2.35. The lowest BCUT2D eigenvalue weighted by Gasteiger charge is -2.25. The number of hydrogen-bond donors (Lipinski definition) is 0. The Kier molecular flexibility index (Phi) is 7.01. The number of methoxy groups -OCH3 is 2. The van der Waals surface area contributed by atoms with Gasteiger partial charge in [-0.3, -0.25) is 4.79 Å². The van der Waals surface area contributed by atoms with E-state index in [0.717, 1.165) is 11.1 Å². The first-order valence-electron chi connectivity index (χ1n) is 8.67. The number of carbonyl (C=O) groups is 1. The summed E-state index contributed by atoms with van der Waals surface area (Å²) in [5, 5.41) is 8.90. The quantitative estimate of drug-likeness (QED) is 0.696. The molecule has 0 bridgehead atoms. The zero-order chi connectivity index (χ0) is 19.8. The third-order valence-corrected chi connectivity index (χ3v) is 4.13. The highest BCUT2D eigenvalue weighted by atomic mass is 16.5. The molecule has 0 spiro atoms. The molecule has 0 aliphatic heterocycles. The van der Waals surface area contributed by atoms with Gasteiger partial charge in [0.2, 0.25) is 5.91 Å². The van der Waals surface area contributed by atoms with Crippen molar-refractivity contribution >= 4 is 12.0 Å². The van der Waals surface area contributed by atoms with Crippen molar-refractivity contribution in [1.82, 2.24) is 4.90 Å². The predicted molar refractivity (Wildman–Crippen MR) is 105 cm³/mol. The van der Waals surface area contributed by atoms with Crippen LogP contribution in [0.1, 0.15) is 30.5 Å². The van der Waals surface area contributed by atoms with Crippen molar-refractivity contribution in [2.45, 2.75) is 26.4 Å². The van der Waals surface area contributed by atoms with E-state index < -0.39 is 0 Å². The molecular formula is C22H24N2O3. The molecule has 1 amide bonds. The summed E-state index contributed by atoms with van der Waals surface area (Å²) in [5.41, 5.74) is 2.40. The molecule has 5 nitrogen and oxygen atoms in total. The molecule has 2 aromatic rings. The first kappa shape index (κ1) is 20.1. The van der Waals surface area contributed by atoms with Crippen molar-refractivity contribution in [1.29, 1.82) is 5.26 Å². The van der Waals surface area contributed by atoms with Crippen LogP contribution in [0.4, 0.5) is 0 Å². The fourth-order valence-corrected chi connectivity index (χ4v) is 2.59. The minimum atomic E-state index is -0.0869. The van der Waals surface area contributed by atoms with Crippen LogP contribution in [0.25, 0.3) is 6.08 Å². The smallest absolute Gasteiger partial charge is 0.247 e. The van der Waals surface area contributed by atoms with E-state index in [-0.39, 0.29) is 11.9 Å². The number of hydrogen-bond acceptors (Lipinski definition) is 4. The highest BCUT2D eigenvalue weighted by Crippen LogP contribution is 2.23. The van der Waals surface area contributed by atoms with E-state index in [4.69, 9.17) is 14.7 Å². The Morgan fingerprint density at radius 2 is 1.70 bits per heavy atom. The molecule has 140 valence electrons. The van der Waals surface area contributed by atoms with Gasteiger partial charge in [-0.25, -0.2) is 0 Å². The molecule has 2 aromatic carbocycles. The summed E-state index contributed by atoms with van der Waals surface area (Å²) in [6.45, 7) is 4.43. The van der Waals surface area contributed by atoms with Gasteiger partial charge in [-0.05, 0) is 55.3 Å². The maximum atomic E-state index is 12.7. The number of amides is 1. The second-order valence-corrected chi connectivity index (χ2v) is 6.35. The van der Waals surface area contributed by atoms with Crippen LogP contribution in [0, 0.1) is 11.3 Å². The second-order valence-electron chi connectivity index (χ2n) is 6.35. The van der Waals surface area contributed by atoms with E-state index in [1.807, 2.05) is 38.1 Å². The van der Waals surface area contributed by atoms with Crippen LogP contribution in [0.15, 0.2) is 48.5 Å². The number of nitriles is 1.